The van der Waals surface area contributed by atoms with Gasteiger partial charge in [0, 0.05) is 24.8 Å². The smallest absolute Gasteiger partial charge is 0.233 e. The molecule has 1 aliphatic carbocycles. The third kappa shape index (κ3) is 4.10. The average molecular weight is 294 g/mol. The Labute approximate surface area is 124 Å². The van der Waals surface area contributed by atoms with Gasteiger partial charge in [-0.2, -0.15) is 0 Å². The van der Waals surface area contributed by atoms with E-state index in [0.717, 1.165) is 18.5 Å². The fraction of sp³-hybridized carbons (Fsp3) is 0.643. The molecule has 6 heteroatoms. The van der Waals surface area contributed by atoms with E-state index in [1.807, 2.05) is 18.9 Å². The first-order valence-electron chi connectivity index (χ1n) is 7.06. The van der Waals surface area contributed by atoms with Crippen molar-refractivity contribution in [2.24, 2.45) is 0 Å². The fourth-order valence-electron chi connectivity index (χ4n) is 2.53. The monoisotopic (exact) mass is 294 g/mol. The summed E-state index contributed by atoms with van der Waals surface area (Å²) in [7, 11) is 1.91. The van der Waals surface area contributed by atoms with Gasteiger partial charge in [0.25, 0.3) is 0 Å². The van der Waals surface area contributed by atoms with E-state index in [1.165, 1.54) is 31.0 Å². The molecule has 0 atom stereocenters. The lowest BCUT2D eigenvalue weighted by Gasteiger charge is -2.31. The van der Waals surface area contributed by atoms with Crippen molar-refractivity contribution < 1.29 is 4.79 Å². The molecule has 1 saturated carbocycles. The molecule has 0 radical (unpaired) electrons. The Morgan fingerprint density at radius 3 is 2.75 bits per heavy atom. The van der Waals surface area contributed by atoms with Crippen LogP contribution in [0.2, 0.25) is 0 Å². The van der Waals surface area contributed by atoms with Gasteiger partial charge in [-0.25, -0.2) is 9.97 Å². The SMILES string of the molecule is Cc1cc(N)nc(SCC(=O)N(C)C2CCCCC2)n1. The molecular weight excluding hydrogens is 272 g/mol. The summed E-state index contributed by atoms with van der Waals surface area (Å²) in [6.07, 6.45) is 6.01. The molecule has 5 nitrogen and oxygen atoms in total. The quantitative estimate of drug-likeness (QED) is 0.681. The minimum Gasteiger partial charge on any atom is -0.384 e. The number of nitrogens with zero attached hydrogens (tertiary/aromatic N) is 3. The summed E-state index contributed by atoms with van der Waals surface area (Å²) in [6.45, 7) is 1.87. The molecular formula is C14H22N4OS. The Morgan fingerprint density at radius 2 is 2.10 bits per heavy atom. The van der Waals surface area contributed by atoms with Crippen LogP contribution in [0.3, 0.4) is 0 Å². The second-order valence-electron chi connectivity index (χ2n) is 5.30. The number of carbonyl (C=O) groups excluding carboxylic acids is 1. The third-order valence-electron chi connectivity index (χ3n) is 3.69. The Balaban J connectivity index is 1.87. The highest BCUT2D eigenvalue weighted by Gasteiger charge is 2.22. The standard InChI is InChI=1S/C14H22N4OS/c1-10-8-12(15)17-14(16-10)20-9-13(19)18(2)11-6-4-3-5-7-11/h8,11H,3-7,9H2,1-2H3,(H2,15,16,17). The van der Waals surface area contributed by atoms with E-state index in [0.29, 0.717) is 22.8 Å². The molecule has 20 heavy (non-hydrogen) atoms. The molecule has 1 heterocycles. The van der Waals surface area contributed by atoms with E-state index in [-0.39, 0.29) is 5.91 Å². The van der Waals surface area contributed by atoms with Crippen LogP contribution < -0.4 is 5.73 Å². The lowest BCUT2D eigenvalue weighted by atomic mass is 9.94. The number of aromatic nitrogens is 2. The van der Waals surface area contributed by atoms with Crippen molar-refractivity contribution in [3.63, 3.8) is 0 Å². The van der Waals surface area contributed by atoms with Crippen LogP contribution >= 0.6 is 11.8 Å². The first-order chi connectivity index (χ1) is 9.56. The maximum Gasteiger partial charge on any atom is 0.233 e. The van der Waals surface area contributed by atoms with E-state index < -0.39 is 0 Å². The van der Waals surface area contributed by atoms with Gasteiger partial charge in [0.05, 0.1) is 5.75 Å². The van der Waals surface area contributed by atoms with E-state index in [1.54, 1.807) is 6.07 Å². The van der Waals surface area contributed by atoms with Crippen molar-refractivity contribution in [2.75, 3.05) is 18.5 Å². The summed E-state index contributed by atoms with van der Waals surface area (Å²) in [5.74, 6) is 0.967. The van der Waals surface area contributed by atoms with Crippen LogP contribution in [0.15, 0.2) is 11.2 Å². The number of rotatable bonds is 4. The van der Waals surface area contributed by atoms with Gasteiger partial charge in [0.15, 0.2) is 5.16 Å². The maximum atomic E-state index is 12.2. The molecule has 1 aromatic heterocycles. The third-order valence-corrected chi connectivity index (χ3v) is 4.53. The van der Waals surface area contributed by atoms with Crippen molar-refractivity contribution in [2.45, 2.75) is 50.2 Å². The van der Waals surface area contributed by atoms with Crippen LogP contribution in [0.4, 0.5) is 5.82 Å². The Kier molecular flexibility index (Phi) is 5.23. The second kappa shape index (κ2) is 6.92. The predicted octanol–water partition coefficient (Wildman–Crippen LogP) is 2.25. The number of aryl methyl sites for hydroxylation is 1. The number of amides is 1. The van der Waals surface area contributed by atoms with Gasteiger partial charge < -0.3 is 10.6 Å². The van der Waals surface area contributed by atoms with Crippen LogP contribution in [0.1, 0.15) is 37.8 Å². The van der Waals surface area contributed by atoms with Gasteiger partial charge in [0.1, 0.15) is 5.82 Å². The summed E-state index contributed by atoms with van der Waals surface area (Å²) in [6, 6.07) is 2.13. The van der Waals surface area contributed by atoms with E-state index in [9.17, 15) is 4.79 Å². The largest absolute Gasteiger partial charge is 0.384 e. The lowest BCUT2D eigenvalue weighted by molar-refractivity contribution is -0.129. The number of thioether (sulfide) groups is 1. The van der Waals surface area contributed by atoms with E-state index in [2.05, 4.69) is 9.97 Å². The fourth-order valence-corrected chi connectivity index (χ4v) is 3.36. The van der Waals surface area contributed by atoms with Gasteiger partial charge in [-0.3, -0.25) is 4.79 Å². The minimum absolute atomic E-state index is 0.144. The molecule has 0 spiro atoms. The zero-order chi connectivity index (χ0) is 14.5. The van der Waals surface area contributed by atoms with Crippen molar-refractivity contribution in [3.05, 3.63) is 11.8 Å². The van der Waals surface area contributed by atoms with Crippen LogP contribution in [-0.4, -0.2) is 39.6 Å². The predicted molar refractivity (Wildman–Crippen MR) is 81.5 cm³/mol. The second-order valence-corrected chi connectivity index (χ2v) is 6.24. The number of hydrogen-bond donors (Lipinski definition) is 1. The van der Waals surface area contributed by atoms with Gasteiger partial charge in [-0.1, -0.05) is 31.0 Å². The molecule has 2 rings (SSSR count). The molecule has 1 fully saturated rings. The van der Waals surface area contributed by atoms with Crippen molar-refractivity contribution >= 4 is 23.5 Å². The van der Waals surface area contributed by atoms with Crippen molar-refractivity contribution in [1.29, 1.82) is 0 Å². The maximum absolute atomic E-state index is 12.2. The summed E-state index contributed by atoms with van der Waals surface area (Å²) < 4.78 is 0. The zero-order valence-electron chi connectivity index (χ0n) is 12.1. The Bertz CT molecular complexity index is 454. The van der Waals surface area contributed by atoms with Crippen LogP contribution in [0, 0.1) is 6.92 Å². The van der Waals surface area contributed by atoms with Crippen molar-refractivity contribution in [3.8, 4) is 0 Å². The molecule has 1 amide bonds. The highest BCUT2D eigenvalue weighted by atomic mass is 32.2. The number of nitrogen functional groups attached to an aromatic ring is 1. The molecule has 2 N–H and O–H groups in total. The molecule has 0 bridgehead atoms. The number of carbonyl (C=O) groups is 1. The summed E-state index contributed by atoms with van der Waals surface area (Å²) >= 11 is 1.36. The molecule has 0 unspecified atom stereocenters. The molecule has 0 aromatic carbocycles. The van der Waals surface area contributed by atoms with E-state index in [4.69, 9.17) is 5.73 Å². The first kappa shape index (κ1) is 15.1. The summed E-state index contributed by atoms with van der Waals surface area (Å²) in [4.78, 5) is 22.5. The molecule has 1 aliphatic rings. The van der Waals surface area contributed by atoms with E-state index >= 15 is 0 Å². The Hall–Kier alpha value is -1.30. The number of nitrogens with two attached hydrogens (primary N) is 1. The number of hydrogen-bond acceptors (Lipinski definition) is 5. The summed E-state index contributed by atoms with van der Waals surface area (Å²) in [5, 5.41) is 0.577. The minimum atomic E-state index is 0.144. The molecule has 0 saturated heterocycles. The number of anilines is 1. The molecule has 1 aromatic rings. The normalized spacial score (nSPS) is 16.1. The van der Waals surface area contributed by atoms with Crippen LogP contribution in [-0.2, 0) is 4.79 Å². The molecule has 0 aliphatic heterocycles. The topological polar surface area (TPSA) is 72.1 Å². The highest BCUT2D eigenvalue weighted by Crippen LogP contribution is 2.23. The van der Waals surface area contributed by atoms with Crippen LogP contribution in [0.5, 0.6) is 0 Å². The molecule has 110 valence electrons. The van der Waals surface area contributed by atoms with Gasteiger partial charge in [-0.05, 0) is 19.8 Å². The van der Waals surface area contributed by atoms with Gasteiger partial charge >= 0.3 is 0 Å². The van der Waals surface area contributed by atoms with Gasteiger partial charge in [0.2, 0.25) is 5.91 Å². The van der Waals surface area contributed by atoms with Crippen LogP contribution in [0.25, 0.3) is 0 Å². The lowest BCUT2D eigenvalue weighted by Crippen LogP contribution is -2.39. The zero-order valence-corrected chi connectivity index (χ0v) is 12.9. The Morgan fingerprint density at radius 1 is 1.40 bits per heavy atom. The van der Waals surface area contributed by atoms with Gasteiger partial charge in [-0.15, -0.1) is 0 Å². The summed E-state index contributed by atoms with van der Waals surface area (Å²) in [5.41, 5.74) is 6.51. The van der Waals surface area contributed by atoms with Crippen molar-refractivity contribution in [1.82, 2.24) is 14.9 Å². The first-order valence-corrected chi connectivity index (χ1v) is 8.04. The average Bonchev–Trinajstić information content (AvgIpc) is 2.44. The highest BCUT2D eigenvalue weighted by molar-refractivity contribution is 7.99.